The van der Waals surface area contributed by atoms with Crippen molar-refractivity contribution in [2.45, 2.75) is 165 Å². The number of nitrogens with two attached hydrogens (primary N) is 2. The zero-order valence-electron chi connectivity index (χ0n) is 38.1. The largest absolute Gasteiger partial charge is 0.592 e. The molecule has 0 saturated heterocycles. The topological polar surface area (TPSA) is 229 Å². The van der Waals surface area contributed by atoms with Crippen molar-refractivity contribution in [3.8, 4) is 11.5 Å². The van der Waals surface area contributed by atoms with Gasteiger partial charge >= 0.3 is 0 Å². The normalized spacial score (nSPS) is 23.0. The number of phenols is 1. The molecule has 11 N–H and O–H groups in total. The van der Waals surface area contributed by atoms with Crippen molar-refractivity contribution >= 4 is 11.5 Å². The van der Waals surface area contributed by atoms with Crippen molar-refractivity contribution in [3.05, 3.63) is 83.1 Å². The number of ether oxygens (including phenoxy) is 2. The van der Waals surface area contributed by atoms with E-state index in [2.05, 4.69) is 16.4 Å². The summed E-state index contributed by atoms with van der Waals surface area (Å²) in [4.78, 5) is 9.00. The molecular formula is C51H77N5O8. The first kappa shape index (κ1) is 49.6. The first-order chi connectivity index (χ1) is 31.0. The number of nitrogen functional groups attached to an aromatic ring is 1. The fourth-order valence-electron chi connectivity index (χ4n) is 10.4. The fraction of sp³-hybridized carbons (Fsp3) is 0.647. The Morgan fingerprint density at radius 2 is 1.77 bits per heavy atom. The molecule has 2 aliphatic heterocycles. The van der Waals surface area contributed by atoms with Gasteiger partial charge in [-0.1, -0.05) is 56.8 Å². The van der Waals surface area contributed by atoms with E-state index in [9.17, 15) is 30.6 Å². The van der Waals surface area contributed by atoms with Gasteiger partial charge in [0.05, 0.1) is 24.2 Å². The van der Waals surface area contributed by atoms with Crippen LogP contribution in [0.15, 0.2) is 65.0 Å². The molecular weight excluding hydrogens is 811 g/mol. The number of aromatic hydroxyl groups is 1. The molecule has 9 atom stereocenters. The monoisotopic (exact) mass is 888 g/mol. The number of allylic oxidation sites excluding steroid dienone is 1. The number of aromatic nitrogens is 1. The summed E-state index contributed by atoms with van der Waals surface area (Å²) >= 11 is 0. The second-order valence-electron chi connectivity index (χ2n) is 18.9. The molecule has 2 aliphatic carbocycles. The Kier molecular flexibility index (Phi) is 19.5. The number of hydrogen-bond donors (Lipinski definition) is 9. The summed E-state index contributed by atoms with van der Waals surface area (Å²) in [5, 5.41) is 66.2. The first-order valence-electron chi connectivity index (χ1n) is 24.3. The van der Waals surface area contributed by atoms with Crippen LogP contribution >= 0.6 is 0 Å². The lowest BCUT2D eigenvalue weighted by molar-refractivity contribution is 0.120. The number of rotatable bonds is 28. The van der Waals surface area contributed by atoms with Gasteiger partial charge in [-0.3, -0.25) is 0 Å². The van der Waals surface area contributed by atoms with Crippen LogP contribution in [0.5, 0.6) is 11.5 Å². The van der Waals surface area contributed by atoms with Crippen LogP contribution in [0, 0.1) is 29.7 Å². The van der Waals surface area contributed by atoms with E-state index in [0.717, 1.165) is 106 Å². The molecule has 0 bridgehead atoms. The number of nitrogens with one attached hydrogen (secondary N) is 1. The fourth-order valence-corrected chi connectivity index (χ4v) is 10.4. The Balaban J connectivity index is 0.912. The Labute approximate surface area is 381 Å². The highest BCUT2D eigenvalue weighted by Gasteiger charge is 2.50. The lowest BCUT2D eigenvalue weighted by atomic mass is 9.74. The van der Waals surface area contributed by atoms with Gasteiger partial charge in [-0.25, -0.2) is 4.98 Å². The van der Waals surface area contributed by atoms with Crippen molar-refractivity contribution in [1.82, 2.24) is 10.3 Å². The number of aliphatic hydroxyl groups excluding tert-OH is 5. The third kappa shape index (κ3) is 14.6. The predicted octanol–water partition coefficient (Wildman–Crippen LogP) is 6.18. The number of unbranched alkanes of at least 4 members (excludes halogenated alkanes) is 3. The summed E-state index contributed by atoms with van der Waals surface area (Å²) in [6.07, 6.45) is 20.9. The lowest BCUT2D eigenvalue weighted by Gasteiger charge is -2.32. The highest BCUT2D eigenvalue weighted by atomic mass is 16.5. The Morgan fingerprint density at radius 3 is 2.56 bits per heavy atom. The van der Waals surface area contributed by atoms with Gasteiger partial charge in [-0.05, 0) is 125 Å². The van der Waals surface area contributed by atoms with Gasteiger partial charge in [0.15, 0.2) is 29.4 Å². The molecule has 1 aromatic carbocycles. The van der Waals surface area contributed by atoms with Gasteiger partial charge in [0.1, 0.15) is 18.0 Å². The minimum absolute atomic E-state index is 0.00192. The van der Waals surface area contributed by atoms with E-state index in [-0.39, 0.29) is 55.8 Å². The standard InChI is InChI=1S/C51H77N5O8/c1-33(59)30-55-44(11-7-25-57)51-41-10-6-8-36(41)16-21-43-42(51)29-45(56-43)47(62)32-63-49-26-34(15-22-46(49)61)14-20-40-28-37(31-58)48(64-40)12-5-3-2-4-9-38(52)17-19-39(60)18-13-35-23-24-54-50(53)27-35/h15,22-24,26-29,33,36,38-39,41,44,47-48,51,55,57-62H,2-14,16-21,25,30-32,52H2,1H3,(H2,53,54)/t33-,36+,38-,39+,41-,44+,47-,48?,51-/m0/s1. The predicted molar refractivity (Wildman–Crippen MR) is 251 cm³/mol. The average molecular weight is 888 g/mol. The summed E-state index contributed by atoms with van der Waals surface area (Å²) in [5.74, 6) is 3.82. The minimum atomic E-state index is -0.990. The van der Waals surface area contributed by atoms with Crippen molar-refractivity contribution < 1.29 is 40.1 Å². The highest BCUT2D eigenvalue weighted by molar-refractivity contribution is 6.04. The van der Waals surface area contributed by atoms with Crippen LogP contribution in [-0.2, 0) is 17.6 Å². The quantitative estimate of drug-likeness (QED) is 0.0345. The zero-order valence-corrected chi connectivity index (χ0v) is 38.1. The van der Waals surface area contributed by atoms with Crippen molar-refractivity contribution in [2.24, 2.45) is 28.5 Å². The molecule has 1 aromatic heterocycles. The number of aliphatic hydroxyl groups is 5. The highest BCUT2D eigenvalue weighted by Crippen LogP contribution is 2.49. The molecule has 2 aromatic rings. The first-order valence-corrected chi connectivity index (χ1v) is 24.3. The van der Waals surface area contributed by atoms with Gasteiger partial charge in [-0.2, -0.15) is 12.0 Å². The number of aryl methyl sites for hydroxylation is 2. The summed E-state index contributed by atoms with van der Waals surface area (Å²) in [7, 11) is 0. The molecule has 6 rings (SSSR count). The molecule has 3 heterocycles. The summed E-state index contributed by atoms with van der Waals surface area (Å²) < 4.78 is 12.4. The van der Waals surface area contributed by atoms with Gasteiger partial charge in [-0.15, -0.1) is 4.99 Å². The maximum atomic E-state index is 11.4. The van der Waals surface area contributed by atoms with Crippen LogP contribution < -0.4 is 21.5 Å². The molecule has 0 radical (unpaired) electrons. The molecule has 354 valence electrons. The smallest absolute Gasteiger partial charge is 0.189 e. The molecule has 2 saturated carbocycles. The molecule has 13 nitrogen and oxygen atoms in total. The van der Waals surface area contributed by atoms with Crippen LogP contribution in [0.25, 0.3) is 0 Å². The van der Waals surface area contributed by atoms with Crippen LogP contribution in [0.3, 0.4) is 0 Å². The van der Waals surface area contributed by atoms with Gasteiger partial charge < -0.3 is 56.9 Å². The number of fused-ring (bicyclic) bond motifs is 2. The molecule has 4 aliphatic rings. The number of aliphatic imine (C=N–C) groups is 1. The van der Waals surface area contributed by atoms with Crippen LogP contribution in [0.1, 0.15) is 127 Å². The third-order valence-electron chi connectivity index (χ3n) is 13.9. The molecule has 13 heteroatoms. The molecule has 0 amide bonds. The van der Waals surface area contributed by atoms with E-state index < -0.39 is 12.2 Å². The zero-order chi connectivity index (χ0) is 45.4. The van der Waals surface area contributed by atoms with E-state index in [1.165, 1.54) is 18.4 Å². The van der Waals surface area contributed by atoms with E-state index >= 15 is 0 Å². The SMILES string of the molecule is C[C@H](O)CN[C@H](CCCO)[C@@H]1C2=C[C+]([C@@H](O)COc3cc(CCC4=C[C-](CO)C(CCCCCC[C@H](N)CC[C@H](O)CCc5ccnc(N)c5)O4)ccc3O)N=C2CC[C@H]2CCC[C@@H]21. The summed E-state index contributed by atoms with van der Waals surface area (Å²) in [6, 6.07) is 9.80. The average Bonchev–Trinajstić information content (AvgIpc) is 4.02. The van der Waals surface area contributed by atoms with E-state index in [0.29, 0.717) is 68.1 Å². The van der Waals surface area contributed by atoms with Gasteiger partial charge in [0.25, 0.3) is 0 Å². The lowest BCUT2D eigenvalue weighted by Crippen LogP contribution is -2.44. The summed E-state index contributed by atoms with van der Waals surface area (Å²) in [6.45, 7) is 2.27. The number of hydrogen-bond acceptors (Lipinski definition) is 13. The Hall–Kier alpha value is -3.82. The number of pyridine rings is 1. The number of phenolic OH excluding ortho intramolecular Hbond substituents is 1. The van der Waals surface area contributed by atoms with Crippen molar-refractivity contribution in [2.75, 3.05) is 32.1 Å². The Morgan fingerprint density at radius 1 is 0.938 bits per heavy atom. The Bertz CT molecular complexity index is 1820. The van der Waals surface area contributed by atoms with Gasteiger partial charge in [0, 0.05) is 50.6 Å². The number of anilines is 1. The van der Waals surface area contributed by atoms with Gasteiger partial charge in [0.2, 0.25) is 0 Å². The third-order valence-corrected chi connectivity index (χ3v) is 13.9. The second kappa shape index (κ2) is 25.2. The molecule has 2 fully saturated rings. The second-order valence-corrected chi connectivity index (χ2v) is 18.9. The van der Waals surface area contributed by atoms with Crippen LogP contribution in [0.2, 0.25) is 0 Å². The maximum absolute atomic E-state index is 11.4. The van der Waals surface area contributed by atoms with E-state index in [1.54, 1.807) is 19.2 Å². The summed E-state index contributed by atoms with van der Waals surface area (Å²) in [5.41, 5.74) is 16.4. The minimum Gasteiger partial charge on any atom is -0.592 e. The molecule has 0 spiro atoms. The molecule has 1 unspecified atom stereocenters. The van der Waals surface area contributed by atoms with E-state index in [1.807, 2.05) is 30.3 Å². The van der Waals surface area contributed by atoms with E-state index in [4.69, 9.17) is 25.9 Å². The van der Waals surface area contributed by atoms with Crippen LogP contribution in [0.4, 0.5) is 5.82 Å². The van der Waals surface area contributed by atoms with Crippen LogP contribution in [-0.4, -0.2) is 104 Å². The molecule has 64 heavy (non-hydrogen) atoms. The van der Waals surface area contributed by atoms with Crippen molar-refractivity contribution in [1.29, 1.82) is 0 Å². The number of benzene rings is 1. The maximum Gasteiger partial charge on any atom is 0.189 e. The number of nitrogens with zero attached hydrogens (tertiary/aromatic N) is 2. The van der Waals surface area contributed by atoms with Crippen molar-refractivity contribution in [3.63, 3.8) is 0 Å².